The molecule has 220 valence electrons. The largest absolute Gasteiger partial charge is 0.471 e. The van der Waals surface area contributed by atoms with Gasteiger partial charge < -0.3 is 30.1 Å². The van der Waals surface area contributed by atoms with Crippen molar-refractivity contribution in [3.8, 4) is 5.88 Å². The first kappa shape index (κ1) is 28.8. The van der Waals surface area contributed by atoms with Crippen molar-refractivity contribution >= 4 is 35.3 Å². The van der Waals surface area contributed by atoms with E-state index in [0.717, 1.165) is 31.9 Å². The Balaban J connectivity index is 1.24. The van der Waals surface area contributed by atoms with Gasteiger partial charge >= 0.3 is 0 Å². The van der Waals surface area contributed by atoms with Gasteiger partial charge in [-0.2, -0.15) is 4.98 Å². The normalized spacial score (nSPS) is 20.6. The van der Waals surface area contributed by atoms with E-state index in [9.17, 15) is 9.59 Å². The molecule has 0 spiro atoms. The maximum atomic E-state index is 12.0. The van der Waals surface area contributed by atoms with Crippen LogP contribution in [0.15, 0.2) is 36.9 Å². The number of anilines is 4. The zero-order chi connectivity index (χ0) is 28.8. The molecule has 5 rings (SSSR count). The third kappa shape index (κ3) is 6.97. The number of amides is 2. The summed E-state index contributed by atoms with van der Waals surface area (Å²) in [4.78, 5) is 41.9. The molecule has 2 amide bonds. The van der Waals surface area contributed by atoms with Gasteiger partial charge in [-0.1, -0.05) is 13.5 Å². The van der Waals surface area contributed by atoms with Crippen molar-refractivity contribution in [1.82, 2.24) is 24.7 Å². The van der Waals surface area contributed by atoms with Crippen molar-refractivity contribution in [2.45, 2.75) is 44.8 Å². The van der Waals surface area contributed by atoms with E-state index < -0.39 is 0 Å². The lowest BCUT2D eigenvalue weighted by molar-refractivity contribution is -0.125. The summed E-state index contributed by atoms with van der Waals surface area (Å²) in [6.45, 7) is 13.4. The number of hydrogen-bond acceptors (Lipinski definition) is 9. The van der Waals surface area contributed by atoms with Crippen molar-refractivity contribution in [2.24, 2.45) is 0 Å². The molecule has 4 heterocycles. The van der Waals surface area contributed by atoms with Gasteiger partial charge in [-0.05, 0) is 56.7 Å². The highest BCUT2D eigenvalue weighted by molar-refractivity contribution is 5.87. The van der Waals surface area contributed by atoms with E-state index in [0.29, 0.717) is 61.6 Å². The Morgan fingerprint density at radius 3 is 2.41 bits per heavy atom. The van der Waals surface area contributed by atoms with Crippen molar-refractivity contribution in [3.05, 3.63) is 42.6 Å². The highest BCUT2D eigenvalue weighted by Crippen LogP contribution is 2.30. The number of likely N-dealkylation sites (N-methyl/N-ethyl adjacent to an activating group) is 1. The summed E-state index contributed by atoms with van der Waals surface area (Å²) < 4.78 is 6.22. The molecule has 0 bridgehead atoms. The van der Waals surface area contributed by atoms with Gasteiger partial charge in [0.1, 0.15) is 11.8 Å². The van der Waals surface area contributed by atoms with Crippen molar-refractivity contribution in [3.63, 3.8) is 0 Å². The van der Waals surface area contributed by atoms with Gasteiger partial charge in [0.05, 0.1) is 6.54 Å². The lowest BCUT2D eigenvalue weighted by Gasteiger charge is -2.42. The molecule has 0 saturated carbocycles. The molecule has 11 nitrogen and oxygen atoms in total. The van der Waals surface area contributed by atoms with Crippen molar-refractivity contribution in [2.75, 3.05) is 74.9 Å². The second-order valence-corrected chi connectivity index (χ2v) is 11.0. The van der Waals surface area contributed by atoms with E-state index in [1.165, 1.54) is 37.7 Å². The SMILES string of the molecule is C=CC(=O)N1CCC(Oc2nc(Nc3ccc(N4CCC(N5CCN(C)CC5)CC4)cc3)c(NC=O)nc2CC)C1. The number of piperazine rings is 1. The minimum Gasteiger partial charge on any atom is -0.471 e. The summed E-state index contributed by atoms with van der Waals surface area (Å²) in [5.41, 5.74) is 2.68. The maximum absolute atomic E-state index is 12.0. The van der Waals surface area contributed by atoms with E-state index in [1.54, 1.807) is 4.90 Å². The number of rotatable bonds is 10. The van der Waals surface area contributed by atoms with Crippen LogP contribution in [0, 0.1) is 0 Å². The Bertz CT molecular complexity index is 1210. The van der Waals surface area contributed by atoms with E-state index in [-0.39, 0.29) is 12.0 Å². The number of ether oxygens (including phenoxy) is 1. The first-order valence-corrected chi connectivity index (χ1v) is 14.7. The molecule has 1 atom stereocenters. The molecule has 2 N–H and O–H groups in total. The molecule has 0 aliphatic carbocycles. The lowest BCUT2D eigenvalue weighted by atomic mass is 10.0. The van der Waals surface area contributed by atoms with Gasteiger partial charge in [0.2, 0.25) is 18.2 Å². The molecule has 1 unspecified atom stereocenters. The Labute approximate surface area is 242 Å². The Kier molecular flexibility index (Phi) is 9.35. The summed E-state index contributed by atoms with van der Waals surface area (Å²) in [6, 6.07) is 8.98. The van der Waals surface area contributed by atoms with E-state index >= 15 is 0 Å². The minimum absolute atomic E-state index is 0.103. The molecule has 3 aliphatic rings. The highest BCUT2D eigenvalue weighted by atomic mass is 16.5. The summed E-state index contributed by atoms with van der Waals surface area (Å²) in [5.74, 6) is 1.05. The molecule has 41 heavy (non-hydrogen) atoms. The van der Waals surface area contributed by atoms with Crippen LogP contribution < -0.4 is 20.3 Å². The molecule has 1 aromatic heterocycles. The summed E-state index contributed by atoms with van der Waals surface area (Å²) in [6.07, 6.45) is 5.40. The number of nitrogens with one attached hydrogen (secondary N) is 2. The molecule has 1 aromatic carbocycles. The maximum Gasteiger partial charge on any atom is 0.246 e. The van der Waals surface area contributed by atoms with Crippen LogP contribution in [0.1, 0.15) is 31.9 Å². The number of carbonyl (C=O) groups is 2. The zero-order valence-electron chi connectivity index (χ0n) is 24.2. The average Bonchev–Trinajstić information content (AvgIpc) is 3.47. The summed E-state index contributed by atoms with van der Waals surface area (Å²) >= 11 is 0. The topological polar surface area (TPSA) is 106 Å². The number of aryl methyl sites for hydroxylation is 1. The predicted octanol–water partition coefficient (Wildman–Crippen LogP) is 2.73. The van der Waals surface area contributed by atoms with Crippen molar-refractivity contribution < 1.29 is 14.3 Å². The Hall–Kier alpha value is -3.70. The summed E-state index contributed by atoms with van der Waals surface area (Å²) in [5, 5.41) is 5.98. The van der Waals surface area contributed by atoms with Gasteiger partial charge in [-0.15, -0.1) is 0 Å². The van der Waals surface area contributed by atoms with E-state index in [1.807, 2.05) is 19.1 Å². The number of aromatic nitrogens is 2. The number of likely N-dealkylation sites (tertiary alicyclic amines) is 1. The molecule has 11 heteroatoms. The van der Waals surface area contributed by atoms with Crippen molar-refractivity contribution in [1.29, 1.82) is 0 Å². The van der Waals surface area contributed by atoms with Crippen LogP contribution in [0.3, 0.4) is 0 Å². The van der Waals surface area contributed by atoms with Crippen LogP contribution in [0.2, 0.25) is 0 Å². The number of hydrogen-bond donors (Lipinski definition) is 2. The molecule has 3 aliphatic heterocycles. The summed E-state index contributed by atoms with van der Waals surface area (Å²) in [7, 11) is 2.20. The molecule has 3 saturated heterocycles. The second kappa shape index (κ2) is 13.3. The fraction of sp³-hybridized carbons (Fsp3) is 0.533. The predicted molar refractivity (Wildman–Crippen MR) is 161 cm³/mol. The fourth-order valence-corrected chi connectivity index (χ4v) is 5.90. The third-order valence-electron chi connectivity index (χ3n) is 8.39. The quantitative estimate of drug-likeness (QED) is 0.334. The van der Waals surface area contributed by atoms with Crippen LogP contribution in [0.5, 0.6) is 5.88 Å². The number of benzene rings is 1. The molecular weight excluding hydrogens is 520 g/mol. The molecule has 0 radical (unpaired) electrons. The molecule has 3 fully saturated rings. The van der Waals surface area contributed by atoms with Crippen LogP contribution in [-0.2, 0) is 16.0 Å². The Morgan fingerprint density at radius 1 is 1.02 bits per heavy atom. The van der Waals surface area contributed by atoms with Crippen LogP contribution in [0.4, 0.5) is 23.0 Å². The van der Waals surface area contributed by atoms with E-state index in [2.05, 4.69) is 56.1 Å². The molecule has 2 aromatic rings. The van der Waals surface area contributed by atoms with Crippen LogP contribution in [0.25, 0.3) is 0 Å². The first-order valence-electron chi connectivity index (χ1n) is 14.7. The second-order valence-electron chi connectivity index (χ2n) is 11.0. The first-order chi connectivity index (χ1) is 20.0. The minimum atomic E-state index is -0.184. The average molecular weight is 563 g/mol. The standard InChI is InChI=1S/C30H42N8O3/c1-4-26-30(41-25-12-15-38(20-25)27(40)5-2)34-29(28(33-26)31-21-39)32-22-6-8-23(9-7-22)36-13-10-24(11-14-36)37-18-16-35(3)17-19-37/h5-9,21,24-25H,2,4,10-20H2,1,3H3,(H,32,34)(H,31,33,39). The monoisotopic (exact) mass is 562 g/mol. The van der Waals surface area contributed by atoms with Crippen LogP contribution >= 0.6 is 0 Å². The lowest BCUT2D eigenvalue weighted by Crippen LogP contribution is -2.52. The van der Waals surface area contributed by atoms with Crippen LogP contribution in [-0.4, -0.2) is 109 Å². The van der Waals surface area contributed by atoms with Gasteiger partial charge in [0.15, 0.2) is 11.6 Å². The number of nitrogens with zero attached hydrogens (tertiary/aromatic N) is 6. The molecular formula is C30H42N8O3. The number of carbonyl (C=O) groups excluding carboxylic acids is 2. The Morgan fingerprint density at radius 2 is 1.76 bits per heavy atom. The van der Waals surface area contributed by atoms with Gasteiger partial charge in [-0.3, -0.25) is 14.5 Å². The third-order valence-corrected chi connectivity index (χ3v) is 8.39. The van der Waals surface area contributed by atoms with Gasteiger partial charge in [-0.25, -0.2) is 4.98 Å². The van der Waals surface area contributed by atoms with Gasteiger partial charge in [0.25, 0.3) is 0 Å². The fourth-order valence-electron chi connectivity index (χ4n) is 5.90. The smallest absolute Gasteiger partial charge is 0.246 e. The number of piperidine rings is 1. The van der Waals surface area contributed by atoms with Gasteiger partial charge in [0, 0.05) is 69.7 Å². The van der Waals surface area contributed by atoms with E-state index in [4.69, 9.17) is 9.72 Å². The highest BCUT2D eigenvalue weighted by Gasteiger charge is 2.29. The zero-order valence-corrected chi connectivity index (χ0v) is 24.2.